The number of carboxylic acids is 2. The first-order valence-electron chi connectivity index (χ1n) is 10.0. The van der Waals surface area contributed by atoms with Crippen LogP contribution < -0.4 is 9.47 Å². The molecule has 2 N–H and O–H groups in total. The molecule has 0 spiro atoms. The number of methoxy groups -OCH3 is 2. The molecular weight excluding hydrogens is 416 g/mol. The van der Waals surface area contributed by atoms with Crippen molar-refractivity contribution in [1.82, 2.24) is 9.80 Å². The number of carboxylic acid groups (broad SMARTS) is 2. The van der Waals surface area contributed by atoms with Crippen LogP contribution in [-0.2, 0) is 16.1 Å². The molecule has 1 fully saturated rings. The van der Waals surface area contributed by atoms with Crippen LogP contribution in [0.2, 0.25) is 0 Å². The lowest BCUT2D eigenvalue weighted by molar-refractivity contribution is -0.159. The Morgan fingerprint density at radius 3 is 1.97 bits per heavy atom. The first-order valence-corrected chi connectivity index (χ1v) is 10.0. The summed E-state index contributed by atoms with van der Waals surface area (Å²) < 4.78 is 10.7. The van der Waals surface area contributed by atoms with Crippen LogP contribution in [0.25, 0.3) is 0 Å². The van der Waals surface area contributed by atoms with Gasteiger partial charge in [-0.1, -0.05) is 35.9 Å². The fourth-order valence-electron chi connectivity index (χ4n) is 3.29. The lowest BCUT2D eigenvalue weighted by atomic mass is 10.1. The van der Waals surface area contributed by atoms with E-state index in [9.17, 15) is 4.79 Å². The number of aryl methyl sites for hydroxylation is 1. The van der Waals surface area contributed by atoms with Crippen molar-refractivity contribution in [3.05, 3.63) is 59.2 Å². The molecule has 1 aliphatic heterocycles. The van der Waals surface area contributed by atoms with E-state index in [2.05, 4.69) is 36.1 Å². The van der Waals surface area contributed by atoms with E-state index < -0.39 is 11.9 Å². The molecule has 2 aromatic rings. The van der Waals surface area contributed by atoms with E-state index in [4.69, 9.17) is 29.3 Å². The monoisotopic (exact) mass is 444 g/mol. The Morgan fingerprint density at radius 1 is 0.875 bits per heavy atom. The highest BCUT2D eigenvalue weighted by atomic mass is 16.5. The average molecular weight is 444 g/mol. The molecule has 1 aliphatic rings. The van der Waals surface area contributed by atoms with E-state index in [1.165, 1.54) is 11.1 Å². The highest BCUT2D eigenvalue weighted by molar-refractivity contribution is 6.27. The average Bonchev–Trinajstić information content (AvgIpc) is 2.80. The summed E-state index contributed by atoms with van der Waals surface area (Å²) in [7, 11) is 3.14. The van der Waals surface area contributed by atoms with E-state index >= 15 is 0 Å². The first kappa shape index (κ1) is 24.7. The van der Waals surface area contributed by atoms with Gasteiger partial charge in [0.2, 0.25) is 0 Å². The zero-order chi connectivity index (χ0) is 23.7. The first-order chi connectivity index (χ1) is 15.3. The molecule has 0 bridgehead atoms. The van der Waals surface area contributed by atoms with Gasteiger partial charge in [0, 0.05) is 32.7 Å². The molecule has 0 aliphatic carbocycles. The lowest BCUT2D eigenvalue weighted by Gasteiger charge is -2.35. The number of aliphatic carboxylic acids is 2. The van der Waals surface area contributed by atoms with Crippen molar-refractivity contribution in [2.24, 2.45) is 0 Å². The van der Waals surface area contributed by atoms with Crippen molar-refractivity contribution in [3.8, 4) is 11.5 Å². The third kappa shape index (κ3) is 6.71. The maximum Gasteiger partial charge on any atom is 0.414 e. The summed E-state index contributed by atoms with van der Waals surface area (Å²) in [6.45, 7) is 6.18. The second-order valence-electron chi connectivity index (χ2n) is 7.21. The largest absolute Gasteiger partial charge is 0.493 e. The maximum absolute atomic E-state index is 12.9. The van der Waals surface area contributed by atoms with E-state index in [1.807, 2.05) is 11.0 Å². The van der Waals surface area contributed by atoms with Crippen LogP contribution in [0.5, 0.6) is 11.5 Å². The van der Waals surface area contributed by atoms with Gasteiger partial charge in [0.25, 0.3) is 5.91 Å². The molecular formula is C23H28N2O7. The molecule has 0 atom stereocenters. The van der Waals surface area contributed by atoms with Crippen molar-refractivity contribution >= 4 is 17.8 Å². The molecule has 9 heteroatoms. The van der Waals surface area contributed by atoms with Gasteiger partial charge in [-0.05, 0) is 24.6 Å². The second kappa shape index (κ2) is 11.7. The van der Waals surface area contributed by atoms with Crippen LogP contribution in [0, 0.1) is 6.92 Å². The van der Waals surface area contributed by atoms with Crippen LogP contribution in [0.15, 0.2) is 42.5 Å². The lowest BCUT2D eigenvalue weighted by Crippen LogP contribution is -2.48. The number of amides is 1. The molecule has 9 nitrogen and oxygen atoms in total. The molecule has 2 aromatic carbocycles. The maximum atomic E-state index is 12.9. The molecule has 1 amide bonds. The Morgan fingerprint density at radius 2 is 1.47 bits per heavy atom. The predicted molar refractivity (Wildman–Crippen MR) is 117 cm³/mol. The smallest absolute Gasteiger partial charge is 0.414 e. The predicted octanol–water partition coefficient (Wildman–Crippen LogP) is 2.13. The quantitative estimate of drug-likeness (QED) is 0.674. The summed E-state index contributed by atoms with van der Waals surface area (Å²) in [5, 5.41) is 14.8. The molecule has 0 aromatic heterocycles. The minimum absolute atomic E-state index is 0.00395. The fraction of sp³-hybridized carbons (Fsp3) is 0.348. The number of hydrogen-bond donors (Lipinski definition) is 2. The SMILES string of the molecule is COc1cccc(C(=O)N2CCN(Cc3ccc(C)cc3)CC2)c1OC.O=C(O)C(=O)O. The van der Waals surface area contributed by atoms with Gasteiger partial charge in [-0.15, -0.1) is 0 Å². The summed E-state index contributed by atoms with van der Waals surface area (Å²) in [5.74, 6) is -2.57. The van der Waals surface area contributed by atoms with Crippen LogP contribution in [-0.4, -0.2) is 78.3 Å². The number of para-hydroxylation sites is 1. The Kier molecular flexibility index (Phi) is 9.03. The number of ether oxygens (including phenoxy) is 2. The Balaban J connectivity index is 0.000000534. The second-order valence-corrected chi connectivity index (χ2v) is 7.21. The Labute approximate surface area is 186 Å². The van der Waals surface area contributed by atoms with E-state index in [-0.39, 0.29) is 5.91 Å². The van der Waals surface area contributed by atoms with Gasteiger partial charge in [0.15, 0.2) is 11.5 Å². The molecule has 3 rings (SSSR count). The number of carbonyl (C=O) groups is 3. The van der Waals surface area contributed by atoms with Gasteiger partial charge in [0.1, 0.15) is 0 Å². The number of benzene rings is 2. The van der Waals surface area contributed by atoms with Gasteiger partial charge in [-0.25, -0.2) is 9.59 Å². The summed E-state index contributed by atoms with van der Waals surface area (Å²) in [4.78, 5) is 35.4. The van der Waals surface area contributed by atoms with Gasteiger partial charge in [0.05, 0.1) is 19.8 Å². The van der Waals surface area contributed by atoms with Gasteiger partial charge < -0.3 is 24.6 Å². The standard InChI is InChI=1S/C21H26N2O3.C2H2O4/c1-16-7-9-17(10-8-16)15-22-11-13-23(14-12-22)21(24)18-5-4-6-19(25-2)20(18)26-3;3-1(4)2(5)6/h4-10H,11-15H2,1-3H3;(H,3,4)(H,5,6). The van der Waals surface area contributed by atoms with Crippen molar-refractivity contribution in [2.75, 3.05) is 40.4 Å². The minimum atomic E-state index is -1.82. The topological polar surface area (TPSA) is 117 Å². The zero-order valence-electron chi connectivity index (χ0n) is 18.4. The number of nitrogens with zero attached hydrogens (tertiary/aromatic N) is 2. The normalized spacial score (nSPS) is 13.5. The molecule has 32 heavy (non-hydrogen) atoms. The number of hydrogen-bond acceptors (Lipinski definition) is 6. The van der Waals surface area contributed by atoms with Crippen molar-refractivity contribution in [1.29, 1.82) is 0 Å². The van der Waals surface area contributed by atoms with E-state index in [0.717, 1.165) is 19.6 Å². The number of carbonyl (C=O) groups excluding carboxylic acids is 1. The highest BCUT2D eigenvalue weighted by Crippen LogP contribution is 2.31. The summed E-state index contributed by atoms with van der Waals surface area (Å²) in [6, 6.07) is 14.1. The minimum Gasteiger partial charge on any atom is -0.493 e. The third-order valence-electron chi connectivity index (χ3n) is 5.00. The summed E-state index contributed by atoms with van der Waals surface area (Å²) in [5.41, 5.74) is 3.14. The Hall–Kier alpha value is -3.59. The van der Waals surface area contributed by atoms with Crippen molar-refractivity contribution in [2.45, 2.75) is 13.5 Å². The zero-order valence-corrected chi connectivity index (χ0v) is 18.4. The van der Waals surface area contributed by atoms with E-state index in [0.29, 0.717) is 30.2 Å². The Bertz CT molecular complexity index is 924. The van der Waals surface area contributed by atoms with Gasteiger partial charge >= 0.3 is 11.9 Å². The van der Waals surface area contributed by atoms with Gasteiger partial charge in [-0.3, -0.25) is 9.69 Å². The van der Waals surface area contributed by atoms with Crippen molar-refractivity contribution in [3.63, 3.8) is 0 Å². The van der Waals surface area contributed by atoms with Crippen LogP contribution >= 0.6 is 0 Å². The molecule has 0 radical (unpaired) electrons. The highest BCUT2D eigenvalue weighted by Gasteiger charge is 2.25. The molecule has 1 saturated heterocycles. The molecule has 172 valence electrons. The van der Waals surface area contributed by atoms with Crippen LogP contribution in [0.3, 0.4) is 0 Å². The van der Waals surface area contributed by atoms with Gasteiger partial charge in [-0.2, -0.15) is 0 Å². The molecule has 1 heterocycles. The third-order valence-corrected chi connectivity index (χ3v) is 5.00. The fourth-order valence-corrected chi connectivity index (χ4v) is 3.29. The number of piperazine rings is 1. The summed E-state index contributed by atoms with van der Waals surface area (Å²) >= 11 is 0. The van der Waals surface area contributed by atoms with Crippen molar-refractivity contribution < 1.29 is 34.1 Å². The molecule has 0 saturated carbocycles. The van der Waals surface area contributed by atoms with Crippen LogP contribution in [0.1, 0.15) is 21.5 Å². The van der Waals surface area contributed by atoms with Crippen LogP contribution in [0.4, 0.5) is 0 Å². The molecule has 0 unspecified atom stereocenters. The number of rotatable bonds is 5. The summed E-state index contributed by atoms with van der Waals surface area (Å²) in [6.07, 6.45) is 0. The van der Waals surface area contributed by atoms with E-state index in [1.54, 1.807) is 26.4 Å².